The molecule has 2 heterocycles. The van der Waals surface area contributed by atoms with Crippen molar-refractivity contribution in [3.05, 3.63) is 36.0 Å². The molecule has 0 aliphatic carbocycles. The molecule has 1 aliphatic rings. The van der Waals surface area contributed by atoms with Gasteiger partial charge in [0.05, 0.1) is 13.7 Å². The Hall–Kier alpha value is -1.07. The molecule has 1 unspecified atom stereocenters. The molecule has 112 valence electrons. The highest BCUT2D eigenvalue weighted by atomic mass is 32.7. The molecule has 5 nitrogen and oxygen atoms in total. The van der Waals surface area contributed by atoms with E-state index >= 15 is 0 Å². The van der Waals surface area contributed by atoms with Gasteiger partial charge in [-0.1, -0.05) is 29.6 Å². The van der Waals surface area contributed by atoms with Crippen molar-refractivity contribution >= 4 is 35.8 Å². The Morgan fingerprint density at radius 1 is 1.57 bits per heavy atom. The molecule has 1 aliphatic heterocycles. The smallest absolute Gasteiger partial charge is 0.323 e. The predicted octanol–water partition coefficient (Wildman–Crippen LogP) is 2.83. The number of benzene rings is 1. The van der Waals surface area contributed by atoms with E-state index in [1.807, 2.05) is 24.4 Å². The van der Waals surface area contributed by atoms with Crippen molar-refractivity contribution in [3.63, 3.8) is 0 Å². The highest BCUT2D eigenvalue weighted by Gasteiger charge is 2.27. The summed E-state index contributed by atoms with van der Waals surface area (Å²) in [5, 5.41) is 4.43. The molecule has 1 aromatic carbocycles. The van der Waals surface area contributed by atoms with Crippen LogP contribution in [0.2, 0.25) is 0 Å². The summed E-state index contributed by atoms with van der Waals surface area (Å²) in [6.07, 6.45) is 2.54. The predicted molar refractivity (Wildman–Crippen MR) is 86.3 cm³/mol. The van der Waals surface area contributed by atoms with E-state index in [1.165, 1.54) is 7.11 Å². The summed E-state index contributed by atoms with van der Waals surface area (Å²) in [6.45, 7) is 0.740. The largest absolute Gasteiger partial charge is 0.468 e. The van der Waals surface area contributed by atoms with Crippen molar-refractivity contribution < 1.29 is 14.1 Å². The van der Waals surface area contributed by atoms with Gasteiger partial charge in [-0.15, -0.1) is 0 Å². The lowest BCUT2D eigenvalue weighted by Crippen LogP contribution is -2.36. The number of esters is 1. The molecule has 1 aromatic heterocycles. The number of methoxy groups -OCH3 is 1. The van der Waals surface area contributed by atoms with Crippen LogP contribution in [-0.2, 0) is 20.5 Å². The van der Waals surface area contributed by atoms with E-state index in [0.29, 0.717) is 6.42 Å². The number of carbonyl (C=O) groups excluding carboxylic acids is 1. The summed E-state index contributed by atoms with van der Waals surface area (Å²) in [5.74, 6) is 0.721. The Morgan fingerprint density at radius 2 is 2.43 bits per heavy atom. The monoisotopic (exact) mass is 324 g/mol. The molecule has 0 amide bonds. The molecule has 0 radical (unpaired) electrons. The summed E-state index contributed by atoms with van der Waals surface area (Å²) in [5.41, 5.74) is 2.18. The fourth-order valence-corrected chi connectivity index (χ4v) is 5.48. The van der Waals surface area contributed by atoms with Gasteiger partial charge in [-0.05, 0) is 11.6 Å². The van der Waals surface area contributed by atoms with Crippen molar-refractivity contribution in [2.24, 2.45) is 0 Å². The van der Waals surface area contributed by atoms with E-state index < -0.39 is 7.50 Å². The van der Waals surface area contributed by atoms with E-state index in [9.17, 15) is 4.79 Å². The van der Waals surface area contributed by atoms with Crippen molar-refractivity contribution in [1.82, 2.24) is 10.1 Å². The molecular weight excluding hydrogens is 307 g/mol. The molecule has 1 fully saturated rings. The van der Waals surface area contributed by atoms with Crippen LogP contribution in [0.5, 0.6) is 0 Å². The number of aromatic amines is 1. The Balaban J connectivity index is 1.78. The van der Waals surface area contributed by atoms with E-state index in [0.717, 1.165) is 28.8 Å². The molecule has 3 rings (SSSR count). The first-order chi connectivity index (χ1) is 10.3. The fourth-order valence-electron chi connectivity index (χ4n) is 2.32. The molecule has 0 saturated carbocycles. The van der Waals surface area contributed by atoms with Crippen LogP contribution < -0.4 is 5.09 Å². The molecule has 1 saturated heterocycles. The van der Waals surface area contributed by atoms with Gasteiger partial charge < -0.3 is 14.2 Å². The summed E-state index contributed by atoms with van der Waals surface area (Å²) < 4.78 is 10.5. The summed E-state index contributed by atoms with van der Waals surface area (Å²) in [7, 11) is 0.627. The minimum atomic E-state index is -0.792. The lowest BCUT2D eigenvalue weighted by atomic mass is 10.1. The third kappa shape index (κ3) is 3.40. The summed E-state index contributed by atoms with van der Waals surface area (Å²) in [6, 6.07) is 7.69. The quantitative estimate of drug-likeness (QED) is 0.654. The topological polar surface area (TPSA) is 63.4 Å². The van der Waals surface area contributed by atoms with Crippen molar-refractivity contribution in [2.75, 3.05) is 19.5 Å². The van der Waals surface area contributed by atoms with Crippen LogP contribution in [0.15, 0.2) is 30.5 Å². The van der Waals surface area contributed by atoms with Gasteiger partial charge >= 0.3 is 5.97 Å². The molecule has 7 heteroatoms. The zero-order valence-electron chi connectivity index (χ0n) is 11.7. The number of aromatic nitrogens is 1. The van der Waals surface area contributed by atoms with Gasteiger partial charge in [-0.3, -0.25) is 9.88 Å². The number of fused-ring (bicyclic) bond motifs is 1. The molecular formula is C14H17N2O3PS. The molecule has 2 atom stereocenters. The average molecular weight is 324 g/mol. The zero-order chi connectivity index (χ0) is 14.7. The number of H-pyrrole nitrogens is 1. The molecule has 0 spiro atoms. The maximum atomic E-state index is 12.0. The van der Waals surface area contributed by atoms with Crippen molar-refractivity contribution in [1.29, 1.82) is 0 Å². The number of para-hydroxylation sites is 1. The highest BCUT2D eigenvalue weighted by molar-refractivity contribution is 8.54. The maximum absolute atomic E-state index is 12.0. The minimum Gasteiger partial charge on any atom is -0.468 e. The number of ether oxygens (including phenoxy) is 1. The SMILES string of the molecule is COC(=O)[C@H](Cc1c[nH]c2ccccc12)NP1OCCS1. The Labute approximate surface area is 128 Å². The third-order valence-corrected chi connectivity index (χ3v) is 6.75. The molecule has 21 heavy (non-hydrogen) atoms. The second kappa shape index (κ2) is 6.79. The number of nitrogens with one attached hydrogen (secondary N) is 2. The lowest BCUT2D eigenvalue weighted by molar-refractivity contribution is -0.142. The third-order valence-electron chi connectivity index (χ3n) is 3.35. The van der Waals surface area contributed by atoms with Gasteiger partial charge in [-0.25, -0.2) is 0 Å². The fraction of sp³-hybridized carbons (Fsp3) is 0.357. The van der Waals surface area contributed by atoms with Gasteiger partial charge in [0.2, 0.25) is 0 Å². The first kappa shape index (κ1) is 14.9. The Kier molecular flexibility index (Phi) is 4.80. The van der Waals surface area contributed by atoms with Crippen LogP contribution in [0.25, 0.3) is 10.9 Å². The van der Waals surface area contributed by atoms with Crippen LogP contribution in [0.4, 0.5) is 0 Å². The second-order valence-electron chi connectivity index (χ2n) is 4.69. The highest BCUT2D eigenvalue weighted by Crippen LogP contribution is 2.52. The Morgan fingerprint density at radius 3 is 3.19 bits per heavy atom. The zero-order valence-corrected chi connectivity index (χ0v) is 13.4. The molecule has 0 bridgehead atoms. The number of hydrogen-bond donors (Lipinski definition) is 2. The van der Waals surface area contributed by atoms with Crippen LogP contribution in [0.3, 0.4) is 0 Å². The van der Waals surface area contributed by atoms with Gasteiger partial charge in [0, 0.05) is 29.3 Å². The van der Waals surface area contributed by atoms with Crippen LogP contribution in [-0.4, -0.2) is 36.5 Å². The van der Waals surface area contributed by atoms with E-state index in [-0.39, 0.29) is 12.0 Å². The normalized spacial score (nSPS) is 19.8. The number of rotatable bonds is 5. The van der Waals surface area contributed by atoms with Gasteiger partial charge in [-0.2, -0.15) is 0 Å². The standard InChI is InChI=1S/C14H17N2O3PS/c1-18-14(17)13(16-20-19-6-7-21-20)8-10-9-15-12-5-3-2-4-11(10)12/h2-5,9,13,15-16H,6-8H2,1H3/t13-,20?/m0/s1. The van der Waals surface area contributed by atoms with Crippen LogP contribution in [0.1, 0.15) is 5.56 Å². The van der Waals surface area contributed by atoms with Crippen molar-refractivity contribution in [2.45, 2.75) is 12.5 Å². The van der Waals surface area contributed by atoms with Gasteiger partial charge in [0.15, 0.2) is 7.50 Å². The van der Waals surface area contributed by atoms with Crippen molar-refractivity contribution in [3.8, 4) is 0 Å². The first-order valence-corrected chi connectivity index (χ1v) is 9.58. The van der Waals surface area contributed by atoms with E-state index in [2.05, 4.69) is 16.1 Å². The number of carbonyl (C=O) groups is 1. The van der Waals surface area contributed by atoms with Gasteiger partial charge in [0.25, 0.3) is 0 Å². The molecule has 2 N–H and O–H groups in total. The van der Waals surface area contributed by atoms with E-state index in [1.54, 1.807) is 11.4 Å². The minimum absolute atomic E-state index is 0.251. The van der Waals surface area contributed by atoms with Crippen LogP contribution >= 0.6 is 18.9 Å². The summed E-state index contributed by atoms with van der Waals surface area (Å²) >= 11 is 1.73. The number of hydrogen-bond acceptors (Lipinski definition) is 5. The Bertz CT molecular complexity index is 627. The van der Waals surface area contributed by atoms with Crippen LogP contribution in [0, 0.1) is 0 Å². The summed E-state index contributed by atoms with van der Waals surface area (Å²) in [4.78, 5) is 15.2. The van der Waals surface area contributed by atoms with Gasteiger partial charge in [0.1, 0.15) is 6.04 Å². The molecule has 2 aromatic rings. The van der Waals surface area contributed by atoms with E-state index in [4.69, 9.17) is 9.26 Å². The first-order valence-electron chi connectivity index (χ1n) is 6.73. The lowest BCUT2D eigenvalue weighted by Gasteiger charge is -2.19. The maximum Gasteiger partial charge on any atom is 0.323 e. The average Bonchev–Trinajstić information content (AvgIpc) is 3.16. The second-order valence-corrected chi connectivity index (χ2v) is 8.16.